The van der Waals surface area contributed by atoms with Crippen LogP contribution in [0.4, 0.5) is 5.69 Å². The van der Waals surface area contributed by atoms with Gasteiger partial charge in [-0.3, -0.25) is 14.1 Å². The lowest BCUT2D eigenvalue weighted by Gasteiger charge is -2.38. The van der Waals surface area contributed by atoms with Gasteiger partial charge < -0.3 is 19.1 Å². The zero-order chi connectivity index (χ0) is 37.7. The second kappa shape index (κ2) is 16.1. The average Bonchev–Trinajstić information content (AvgIpc) is 3.61. The van der Waals surface area contributed by atoms with Crippen LogP contribution in [0.15, 0.2) is 131 Å². The molecular formula is C41H39N5O6S2. The number of nitrogens with zero attached hydrogens (tertiary/aromatic N) is 4. The number of benzene rings is 5. The molecule has 5 aromatic carbocycles. The van der Waals surface area contributed by atoms with Crippen LogP contribution in [0.5, 0.6) is 17.2 Å². The zero-order valence-corrected chi connectivity index (χ0v) is 31.6. The number of amides is 1. The number of carbonyl (C=O) groups excluding carboxylic acids is 1. The number of aromatic nitrogens is 3. The Labute approximate surface area is 319 Å². The molecule has 0 aliphatic carbocycles. The number of fused-ring (bicyclic) bond motifs is 1. The SMILES string of the molecule is COc1ccc(NS(=O)(=O)c2cccc(-c3nnc(SCC(=O)N4CCc5cc(OC)c(OC)cc5C4c4ccccc4)n3Cc3ccccc3)c2)cc1. The molecule has 0 saturated heterocycles. The highest BCUT2D eigenvalue weighted by atomic mass is 32.2. The maximum absolute atomic E-state index is 14.2. The van der Waals surface area contributed by atoms with E-state index >= 15 is 0 Å². The highest BCUT2D eigenvalue weighted by molar-refractivity contribution is 7.99. The summed E-state index contributed by atoms with van der Waals surface area (Å²) in [4.78, 5) is 16.2. The average molecular weight is 762 g/mol. The van der Waals surface area contributed by atoms with E-state index in [4.69, 9.17) is 14.2 Å². The van der Waals surface area contributed by atoms with Gasteiger partial charge >= 0.3 is 0 Å². The van der Waals surface area contributed by atoms with Gasteiger partial charge in [-0.25, -0.2) is 8.42 Å². The Bertz CT molecular complexity index is 2350. The third-order valence-corrected chi connectivity index (χ3v) is 11.6. The van der Waals surface area contributed by atoms with Crippen LogP contribution in [0.25, 0.3) is 11.4 Å². The molecule has 1 aromatic heterocycles. The number of nitrogens with one attached hydrogen (secondary N) is 1. The number of sulfonamides is 1. The van der Waals surface area contributed by atoms with E-state index in [9.17, 15) is 13.2 Å². The van der Waals surface area contributed by atoms with Crippen LogP contribution in [-0.2, 0) is 27.8 Å². The minimum Gasteiger partial charge on any atom is -0.497 e. The van der Waals surface area contributed by atoms with Gasteiger partial charge in [0, 0.05) is 17.8 Å². The molecule has 0 radical (unpaired) electrons. The summed E-state index contributed by atoms with van der Waals surface area (Å²) in [6.07, 6.45) is 0.663. The lowest BCUT2D eigenvalue weighted by atomic mass is 9.87. The molecule has 1 aliphatic rings. The number of methoxy groups -OCH3 is 3. The highest BCUT2D eigenvalue weighted by Gasteiger charge is 2.33. The minimum absolute atomic E-state index is 0.0530. The van der Waals surface area contributed by atoms with E-state index < -0.39 is 10.0 Å². The number of carbonyl (C=O) groups is 1. The van der Waals surface area contributed by atoms with Gasteiger partial charge in [-0.1, -0.05) is 84.6 Å². The van der Waals surface area contributed by atoms with Crippen molar-refractivity contribution in [3.63, 3.8) is 0 Å². The van der Waals surface area contributed by atoms with Gasteiger partial charge in [0.2, 0.25) is 5.91 Å². The van der Waals surface area contributed by atoms with Crippen molar-refractivity contribution in [1.29, 1.82) is 0 Å². The fourth-order valence-corrected chi connectivity index (χ4v) is 8.54. The van der Waals surface area contributed by atoms with Crippen LogP contribution >= 0.6 is 11.8 Å². The summed E-state index contributed by atoms with van der Waals surface area (Å²) in [5, 5.41) is 9.61. The summed E-state index contributed by atoms with van der Waals surface area (Å²) in [6, 6.07) is 36.7. The van der Waals surface area contributed by atoms with Crippen LogP contribution in [0.2, 0.25) is 0 Å². The molecule has 6 aromatic rings. The number of ether oxygens (including phenoxy) is 3. The third-order valence-electron chi connectivity index (χ3n) is 9.28. The Hall–Kier alpha value is -5.79. The Morgan fingerprint density at radius 3 is 2.22 bits per heavy atom. The number of hydrogen-bond acceptors (Lipinski definition) is 9. The van der Waals surface area contributed by atoms with Crippen molar-refractivity contribution < 1.29 is 27.4 Å². The smallest absolute Gasteiger partial charge is 0.261 e. The standard InChI is InChI=1S/C41H39N5O6S2/c1-50-33-19-17-32(18-20-33)44-54(48,49)34-16-10-15-31(23-34)40-42-43-41(46(40)26-28-11-6-4-7-12-28)53-27-38(47)45-22-21-30-24-36(51-2)37(52-3)25-35(30)39(45)29-13-8-5-9-14-29/h4-20,23-25,39,44H,21-22,26-27H2,1-3H3. The van der Waals surface area contributed by atoms with Gasteiger partial charge in [-0.2, -0.15) is 0 Å². The first-order valence-corrected chi connectivity index (χ1v) is 19.7. The van der Waals surface area contributed by atoms with Crippen LogP contribution < -0.4 is 18.9 Å². The summed E-state index contributed by atoms with van der Waals surface area (Å²) in [5.74, 6) is 2.42. The zero-order valence-electron chi connectivity index (χ0n) is 30.0. The molecule has 0 saturated carbocycles. The third kappa shape index (κ3) is 7.78. The summed E-state index contributed by atoms with van der Waals surface area (Å²) >= 11 is 1.30. The topological polar surface area (TPSA) is 125 Å². The molecule has 54 heavy (non-hydrogen) atoms. The van der Waals surface area contributed by atoms with E-state index in [-0.39, 0.29) is 22.6 Å². The van der Waals surface area contributed by atoms with Crippen LogP contribution in [0.3, 0.4) is 0 Å². The molecule has 1 unspecified atom stereocenters. The van der Waals surface area contributed by atoms with Crippen molar-refractivity contribution in [1.82, 2.24) is 19.7 Å². The molecule has 0 bridgehead atoms. The lowest BCUT2D eigenvalue weighted by Crippen LogP contribution is -2.41. The fraction of sp³-hybridized carbons (Fsp3) is 0.195. The summed E-state index contributed by atoms with van der Waals surface area (Å²) in [6.45, 7) is 0.932. The van der Waals surface area contributed by atoms with Crippen LogP contribution in [0.1, 0.15) is 28.3 Å². The molecule has 1 aliphatic heterocycles. The van der Waals surface area contributed by atoms with Gasteiger partial charge in [0.25, 0.3) is 10.0 Å². The van der Waals surface area contributed by atoms with Gasteiger partial charge in [0.1, 0.15) is 5.75 Å². The maximum atomic E-state index is 14.2. The minimum atomic E-state index is -3.94. The van der Waals surface area contributed by atoms with E-state index in [0.717, 1.165) is 22.3 Å². The Balaban J connectivity index is 1.18. The molecule has 13 heteroatoms. The first-order valence-electron chi connectivity index (χ1n) is 17.2. The first-order chi connectivity index (χ1) is 26.3. The molecule has 276 valence electrons. The number of rotatable bonds is 13. The van der Waals surface area contributed by atoms with E-state index in [1.165, 1.54) is 17.8 Å². The molecule has 1 N–H and O–H groups in total. The second-order valence-electron chi connectivity index (χ2n) is 12.6. The normalized spacial score (nSPS) is 13.9. The van der Waals surface area contributed by atoms with Crippen LogP contribution in [-0.4, -0.2) is 67.6 Å². The molecule has 11 nitrogen and oxygen atoms in total. The molecule has 1 amide bonds. The van der Waals surface area contributed by atoms with E-state index in [2.05, 4.69) is 14.9 Å². The number of anilines is 1. The van der Waals surface area contributed by atoms with Crippen LogP contribution in [0, 0.1) is 0 Å². The Morgan fingerprint density at radius 2 is 1.52 bits per heavy atom. The second-order valence-corrected chi connectivity index (χ2v) is 15.2. The quantitative estimate of drug-likeness (QED) is 0.123. The fourth-order valence-electron chi connectivity index (χ4n) is 6.61. The predicted octanol–water partition coefficient (Wildman–Crippen LogP) is 7.09. The lowest BCUT2D eigenvalue weighted by molar-refractivity contribution is -0.130. The van der Waals surface area contributed by atoms with E-state index in [1.54, 1.807) is 63.8 Å². The first kappa shape index (κ1) is 36.6. The predicted molar refractivity (Wildman–Crippen MR) is 209 cm³/mol. The number of thioether (sulfide) groups is 1. The van der Waals surface area contributed by atoms with Gasteiger partial charge in [-0.05, 0) is 77.2 Å². The van der Waals surface area contributed by atoms with Crippen molar-refractivity contribution in [3.8, 4) is 28.6 Å². The van der Waals surface area contributed by atoms with E-state index in [1.807, 2.05) is 82.3 Å². The summed E-state index contributed by atoms with van der Waals surface area (Å²) < 4.78 is 48.0. The molecule has 0 fully saturated rings. The van der Waals surface area contributed by atoms with Crippen molar-refractivity contribution >= 4 is 33.4 Å². The van der Waals surface area contributed by atoms with Gasteiger partial charge in [-0.15, -0.1) is 10.2 Å². The molecular weight excluding hydrogens is 723 g/mol. The largest absolute Gasteiger partial charge is 0.497 e. The molecule has 7 rings (SSSR count). The molecule has 0 spiro atoms. The van der Waals surface area contributed by atoms with Gasteiger partial charge in [0.15, 0.2) is 22.5 Å². The Kier molecular flexibility index (Phi) is 10.9. The van der Waals surface area contributed by atoms with E-state index in [0.29, 0.717) is 59.0 Å². The molecule has 2 heterocycles. The van der Waals surface area contributed by atoms with Crippen molar-refractivity contribution in [2.45, 2.75) is 29.1 Å². The summed E-state index contributed by atoms with van der Waals surface area (Å²) in [5.41, 5.74) is 5.06. The Morgan fingerprint density at radius 1 is 0.815 bits per heavy atom. The van der Waals surface area contributed by atoms with Crippen molar-refractivity contribution in [2.24, 2.45) is 0 Å². The molecule has 1 atom stereocenters. The van der Waals surface area contributed by atoms with Crippen molar-refractivity contribution in [2.75, 3.05) is 38.3 Å². The van der Waals surface area contributed by atoms with Crippen molar-refractivity contribution in [3.05, 3.63) is 144 Å². The number of hydrogen-bond donors (Lipinski definition) is 1. The highest BCUT2D eigenvalue weighted by Crippen LogP contribution is 2.41. The monoisotopic (exact) mass is 761 g/mol. The maximum Gasteiger partial charge on any atom is 0.261 e. The van der Waals surface area contributed by atoms with Gasteiger partial charge in [0.05, 0.1) is 44.6 Å². The summed E-state index contributed by atoms with van der Waals surface area (Å²) in [7, 11) is 0.842.